The van der Waals surface area contributed by atoms with Gasteiger partial charge in [-0.05, 0) is 55.1 Å². The van der Waals surface area contributed by atoms with Crippen molar-refractivity contribution in [2.75, 3.05) is 20.1 Å². The molecule has 2 N–H and O–H groups in total. The maximum atomic E-state index is 13.5. The molecule has 34 heavy (non-hydrogen) atoms. The van der Waals surface area contributed by atoms with Crippen LogP contribution in [0.2, 0.25) is 5.02 Å². The fraction of sp³-hybridized carbons (Fsp3) is 0.320. The van der Waals surface area contributed by atoms with Crippen LogP contribution in [0.1, 0.15) is 20.3 Å². The number of halogens is 2. The number of ether oxygens (including phenoxy) is 1. The molecule has 9 heteroatoms. The molecule has 2 aromatic carbocycles. The summed E-state index contributed by atoms with van der Waals surface area (Å²) in [4.78, 5) is 41.7. The predicted molar refractivity (Wildman–Crippen MR) is 128 cm³/mol. The Morgan fingerprint density at radius 1 is 1.21 bits per heavy atom. The number of hydrogen-bond acceptors (Lipinski definition) is 4. The molecule has 1 unspecified atom stereocenters. The minimum atomic E-state index is -1.25. The minimum Gasteiger partial charge on any atom is -0.477 e. The van der Waals surface area contributed by atoms with Gasteiger partial charge in [0.15, 0.2) is 5.60 Å². The molecule has 1 aliphatic rings. The largest absolute Gasteiger partial charge is 0.477 e. The summed E-state index contributed by atoms with van der Waals surface area (Å²) in [5.41, 5.74) is -0.388. The van der Waals surface area contributed by atoms with E-state index in [1.807, 2.05) is 0 Å². The van der Waals surface area contributed by atoms with Crippen LogP contribution >= 0.6 is 11.6 Å². The van der Waals surface area contributed by atoms with E-state index in [9.17, 15) is 18.8 Å². The third-order valence-corrected chi connectivity index (χ3v) is 6.83. The quantitative estimate of drug-likeness (QED) is 0.576. The van der Waals surface area contributed by atoms with E-state index in [4.69, 9.17) is 16.3 Å². The topological polar surface area (TPSA) is 91.5 Å². The fourth-order valence-corrected chi connectivity index (χ4v) is 4.81. The summed E-state index contributed by atoms with van der Waals surface area (Å²) in [6, 6.07) is 9.05. The first kappa shape index (κ1) is 23.8. The smallest absolute Gasteiger partial charge is 0.264 e. The molecule has 0 spiro atoms. The van der Waals surface area contributed by atoms with Gasteiger partial charge in [0.05, 0.1) is 10.4 Å². The predicted octanol–water partition coefficient (Wildman–Crippen LogP) is 3.74. The van der Waals surface area contributed by atoms with Crippen LogP contribution < -0.4 is 15.6 Å². The summed E-state index contributed by atoms with van der Waals surface area (Å²) in [6.45, 7) is 4.15. The van der Waals surface area contributed by atoms with E-state index in [0.717, 1.165) is 0 Å². The Hall–Kier alpha value is -3.39. The van der Waals surface area contributed by atoms with Crippen molar-refractivity contribution in [3.8, 4) is 16.9 Å². The summed E-state index contributed by atoms with van der Waals surface area (Å²) >= 11 is 6.25. The first-order chi connectivity index (χ1) is 16.1. The van der Waals surface area contributed by atoms with Crippen molar-refractivity contribution >= 4 is 34.2 Å². The van der Waals surface area contributed by atoms with E-state index in [1.54, 1.807) is 36.1 Å². The van der Waals surface area contributed by atoms with Gasteiger partial charge in [-0.1, -0.05) is 11.6 Å². The number of benzene rings is 2. The molecule has 178 valence electrons. The van der Waals surface area contributed by atoms with Gasteiger partial charge in [0.2, 0.25) is 5.91 Å². The lowest BCUT2D eigenvalue weighted by molar-refractivity contribution is -0.140. The van der Waals surface area contributed by atoms with Crippen molar-refractivity contribution < 1.29 is 18.7 Å². The lowest BCUT2D eigenvalue weighted by Crippen LogP contribution is -2.54. The van der Waals surface area contributed by atoms with Crippen LogP contribution in [0, 0.1) is 11.7 Å². The molecule has 3 aromatic rings. The average molecular weight is 486 g/mol. The zero-order chi connectivity index (χ0) is 24.6. The Kier molecular flexibility index (Phi) is 6.36. The highest BCUT2D eigenvalue weighted by Crippen LogP contribution is 2.36. The zero-order valence-corrected chi connectivity index (χ0v) is 19.8. The number of hydrogen-bond donors (Lipinski definition) is 2. The number of aromatic amines is 1. The molecular weight excluding hydrogens is 461 g/mol. The average Bonchev–Trinajstić information content (AvgIpc) is 3.31. The summed E-state index contributed by atoms with van der Waals surface area (Å²) in [5.74, 6) is -0.709. The van der Waals surface area contributed by atoms with E-state index in [0.29, 0.717) is 47.2 Å². The second-order valence-corrected chi connectivity index (χ2v) is 9.01. The number of rotatable bonds is 5. The third kappa shape index (κ3) is 4.25. The normalized spacial score (nSPS) is 17.4. The fourth-order valence-electron chi connectivity index (χ4n) is 4.54. The van der Waals surface area contributed by atoms with Gasteiger partial charge in [0, 0.05) is 50.3 Å². The number of amides is 2. The molecule has 1 aromatic heterocycles. The summed E-state index contributed by atoms with van der Waals surface area (Å²) in [6.07, 6.45) is 2.15. The van der Waals surface area contributed by atoms with Crippen LogP contribution in [0.4, 0.5) is 4.39 Å². The second kappa shape index (κ2) is 9.10. The van der Waals surface area contributed by atoms with Crippen LogP contribution in [0.15, 0.2) is 47.4 Å². The highest BCUT2D eigenvalue weighted by atomic mass is 35.5. The summed E-state index contributed by atoms with van der Waals surface area (Å²) < 4.78 is 19.8. The molecule has 0 radical (unpaired) electrons. The molecule has 1 fully saturated rings. The van der Waals surface area contributed by atoms with Crippen LogP contribution in [0.3, 0.4) is 0 Å². The number of fused-ring (bicyclic) bond motifs is 1. The second-order valence-electron chi connectivity index (χ2n) is 8.60. The Labute approximate surface area is 200 Å². The number of likely N-dealkylation sites (N-methyl/N-ethyl adjacent to an activating group) is 1. The molecule has 0 bridgehead atoms. The molecule has 7 nitrogen and oxygen atoms in total. The van der Waals surface area contributed by atoms with E-state index in [1.165, 1.54) is 32.3 Å². The van der Waals surface area contributed by atoms with Crippen molar-refractivity contribution in [1.29, 1.82) is 0 Å². The number of carbonyl (C=O) groups excluding carboxylic acids is 2. The Bertz CT molecular complexity index is 1340. The van der Waals surface area contributed by atoms with Crippen molar-refractivity contribution in [1.82, 2.24) is 15.2 Å². The zero-order valence-electron chi connectivity index (χ0n) is 19.1. The van der Waals surface area contributed by atoms with Gasteiger partial charge >= 0.3 is 0 Å². The van der Waals surface area contributed by atoms with Gasteiger partial charge in [0.1, 0.15) is 11.6 Å². The summed E-state index contributed by atoms with van der Waals surface area (Å²) in [7, 11) is 1.53. The van der Waals surface area contributed by atoms with Crippen molar-refractivity contribution in [2.45, 2.75) is 25.9 Å². The van der Waals surface area contributed by atoms with Gasteiger partial charge < -0.3 is 19.9 Å². The van der Waals surface area contributed by atoms with Crippen molar-refractivity contribution in [3.05, 3.63) is 63.8 Å². The van der Waals surface area contributed by atoms with Crippen molar-refractivity contribution in [3.63, 3.8) is 0 Å². The number of aromatic nitrogens is 1. The lowest BCUT2D eigenvalue weighted by Gasteiger charge is -2.34. The first-order valence-electron chi connectivity index (χ1n) is 10.9. The van der Waals surface area contributed by atoms with Crippen molar-refractivity contribution in [2.24, 2.45) is 5.92 Å². The monoisotopic (exact) mass is 485 g/mol. The molecule has 0 saturated carbocycles. The van der Waals surface area contributed by atoms with Crippen LogP contribution in [0.25, 0.3) is 21.9 Å². The first-order valence-corrected chi connectivity index (χ1v) is 11.3. The summed E-state index contributed by atoms with van der Waals surface area (Å²) in [5, 5.41) is 3.82. The highest BCUT2D eigenvalue weighted by Gasteiger charge is 2.46. The van der Waals surface area contributed by atoms with E-state index >= 15 is 0 Å². The highest BCUT2D eigenvalue weighted by molar-refractivity contribution is 6.33. The number of pyridine rings is 1. The number of nitrogens with zero attached hydrogens (tertiary/aromatic N) is 1. The Balaban J connectivity index is 1.74. The molecule has 1 aliphatic heterocycles. The van der Waals surface area contributed by atoms with Gasteiger partial charge in [-0.3, -0.25) is 14.4 Å². The number of H-pyrrole nitrogens is 1. The van der Waals surface area contributed by atoms with E-state index < -0.39 is 11.4 Å². The molecule has 2 heterocycles. The maximum Gasteiger partial charge on any atom is 0.264 e. The van der Waals surface area contributed by atoms with E-state index in [-0.39, 0.29) is 28.3 Å². The van der Waals surface area contributed by atoms with Crippen LogP contribution in [0.5, 0.6) is 5.75 Å². The maximum absolute atomic E-state index is 13.5. The van der Waals surface area contributed by atoms with Crippen LogP contribution in [-0.4, -0.2) is 47.4 Å². The SMILES string of the molecule is CNC(=O)C(C)(Oc1ccc2c(-c3ccc(F)cc3Cl)c[nH]c(=O)c2c1)[C@H]1CCN(C(C)=O)C1. The molecule has 0 aliphatic carbocycles. The molecular formula is C25H25ClFN3O4. The van der Waals surface area contributed by atoms with Crippen LogP contribution in [-0.2, 0) is 9.59 Å². The molecule has 2 atom stereocenters. The molecule has 2 amide bonds. The van der Waals surface area contributed by atoms with Gasteiger partial charge in [-0.25, -0.2) is 4.39 Å². The minimum absolute atomic E-state index is 0.0500. The van der Waals surface area contributed by atoms with E-state index in [2.05, 4.69) is 10.3 Å². The lowest BCUT2D eigenvalue weighted by atomic mass is 9.87. The Morgan fingerprint density at radius 2 is 1.97 bits per heavy atom. The molecule has 1 saturated heterocycles. The van der Waals surface area contributed by atoms with Gasteiger partial charge in [-0.2, -0.15) is 0 Å². The third-order valence-electron chi connectivity index (χ3n) is 6.52. The number of carbonyl (C=O) groups is 2. The number of likely N-dealkylation sites (tertiary alicyclic amines) is 1. The van der Waals surface area contributed by atoms with Gasteiger partial charge in [0.25, 0.3) is 11.5 Å². The Morgan fingerprint density at radius 3 is 2.62 bits per heavy atom. The number of nitrogens with one attached hydrogen (secondary N) is 2. The standard InChI is InChI=1S/C25H25ClFN3O4/c1-14(31)30-9-8-15(13-30)25(2,24(33)28-3)34-17-5-7-18-20(11-17)23(32)29-12-21(18)19-6-4-16(27)10-22(19)26/h4-7,10-12,15H,8-9,13H2,1-3H3,(H,28,33)(H,29,32)/t15-,25?/m0/s1. The molecule has 4 rings (SSSR count). The van der Waals surface area contributed by atoms with Gasteiger partial charge in [-0.15, -0.1) is 0 Å².